The zero-order valence-electron chi connectivity index (χ0n) is 22.7. The van der Waals surface area contributed by atoms with Crippen molar-refractivity contribution in [3.63, 3.8) is 0 Å². The van der Waals surface area contributed by atoms with E-state index in [0.29, 0.717) is 0 Å². The van der Waals surface area contributed by atoms with Crippen LogP contribution in [0.2, 0.25) is 0 Å². The number of hydrogen-bond donors (Lipinski definition) is 0. The van der Waals surface area contributed by atoms with Crippen LogP contribution in [-0.2, 0) is 10.8 Å². The van der Waals surface area contributed by atoms with E-state index in [2.05, 4.69) is 135 Å². The van der Waals surface area contributed by atoms with E-state index in [1.165, 1.54) is 38.6 Å². The summed E-state index contributed by atoms with van der Waals surface area (Å²) in [5, 5.41) is 2.43. The summed E-state index contributed by atoms with van der Waals surface area (Å²) in [7, 11) is 0. The molecule has 0 atom stereocenters. The maximum absolute atomic E-state index is 5.43. The Bertz CT molecular complexity index is 1970. The average molecular weight is 504 g/mol. The minimum absolute atomic E-state index is 0.134. The van der Waals surface area contributed by atoms with Crippen LogP contribution in [0.15, 0.2) is 97.1 Å². The monoisotopic (exact) mass is 503 g/mol. The van der Waals surface area contributed by atoms with Crippen LogP contribution in [0.1, 0.15) is 50.1 Å². The lowest BCUT2D eigenvalue weighted by Crippen LogP contribution is -2.19. The average Bonchev–Trinajstić information content (AvgIpc) is 3.54. The smallest absolute Gasteiger partial charge is 0.235 e. The van der Waals surface area contributed by atoms with Crippen molar-refractivity contribution in [1.29, 1.82) is 0 Å². The van der Waals surface area contributed by atoms with E-state index in [9.17, 15) is 0 Å². The first-order valence-corrected chi connectivity index (χ1v) is 13.7. The highest BCUT2D eigenvalue weighted by Crippen LogP contribution is 2.53. The molecule has 39 heavy (non-hydrogen) atoms. The molecule has 0 unspecified atom stereocenters. The summed E-state index contributed by atoms with van der Waals surface area (Å²) in [6.07, 6.45) is 4.50. The molecule has 0 saturated carbocycles. The summed E-state index contributed by atoms with van der Waals surface area (Å²) in [6.45, 7) is 9.18. The van der Waals surface area contributed by atoms with Gasteiger partial charge in [-0.05, 0) is 34.4 Å². The second-order valence-electron chi connectivity index (χ2n) is 12.0. The van der Waals surface area contributed by atoms with Crippen LogP contribution < -0.4 is 0 Å². The van der Waals surface area contributed by atoms with Gasteiger partial charge in [-0.3, -0.25) is 4.57 Å². The second-order valence-corrected chi connectivity index (χ2v) is 12.0. The molecule has 0 bridgehead atoms. The van der Waals surface area contributed by atoms with Gasteiger partial charge in [0.25, 0.3) is 0 Å². The van der Waals surface area contributed by atoms with Crippen molar-refractivity contribution >= 4 is 27.9 Å². The van der Waals surface area contributed by atoms with E-state index in [4.69, 9.17) is 9.97 Å². The Kier molecular flexibility index (Phi) is 4.35. The van der Waals surface area contributed by atoms with Crippen molar-refractivity contribution < 1.29 is 0 Å². The van der Waals surface area contributed by atoms with Crippen molar-refractivity contribution in [2.24, 2.45) is 0 Å². The number of aromatic nitrogens is 3. The van der Waals surface area contributed by atoms with Crippen molar-refractivity contribution in [2.75, 3.05) is 0 Å². The maximum Gasteiger partial charge on any atom is 0.235 e. The highest BCUT2D eigenvalue weighted by atomic mass is 15.2. The van der Waals surface area contributed by atoms with Gasteiger partial charge < -0.3 is 0 Å². The van der Waals surface area contributed by atoms with E-state index >= 15 is 0 Å². The van der Waals surface area contributed by atoms with Crippen LogP contribution in [0.25, 0.3) is 56.2 Å². The molecule has 0 fully saturated rings. The van der Waals surface area contributed by atoms with Gasteiger partial charge in [-0.2, -0.15) is 0 Å². The van der Waals surface area contributed by atoms with Crippen molar-refractivity contribution in [3.8, 4) is 28.3 Å². The van der Waals surface area contributed by atoms with Crippen LogP contribution in [0, 0.1) is 0 Å². The fraction of sp³-hybridized carbons (Fsp3) is 0.167. The predicted molar refractivity (Wildman–Crippen MR) is 161 cm³/mol. The Morgan fingerprint density at radius 2 is 1.23 bits per heavy atom. The summed E-state index contributed by atoms with van der Waals surface area (Å²) in [5.74, 6) is 0.726. The van der Waals surface area contributed by atoms with Gasteiger partial charge in [0.15, 0.2) is 0 Å². The molecule has 2 aliphatic carbocycles. The lowest BCUT2D eigenvalue weighted by Gasteiger charge is -2.25. The Morgan fingerprint density at radius 1 is 0.615 bits per heavy atom. The quantitative estimate of drug-likeness (QED) is 0.236. The molecular formula is C36H29N3. The van der Waals surface area contributed by atoms with Gasteiger partial charge in [-0.1, -0.05) is 119 Å². The van der Waals surface area contributed by atoms with Crippen LogP contribution >= 0.6 is 0 Å². The highest BCUT2D eigenvalue weighted by molar-refractivity contribution is 6.09. The first kappa shape index (κ1) is 22.5. The molecule has 2 aliphatic rings. The zero-order valence-corrected chi connectivity index (χ0v) is 22.7. The van der Waals surface area contributed by atoms with Gasteiger partial charge >= 0.3 is 0 Å². The Hall–Kier alpha value is -4.50. The third-order valence-corrected chi connectivity index (χ3v) is 8.83. The van der Waals surface area contributed by atoms with E-state index in [1.54, 1.807) is 0 Å². The first-order chi connectivity index (χ1) is 18.9. The molecule has 3 nitrogen and oxygen atoms in total. The number of hydrogen-bond acceptors (Lipinski definition) is 2. The Labute approximate surface area is 228 Å². The number of fused-ring (bicyclic) bond motifs is 7. The molecule has 6 aromatic rings. The Morgan fingerprint density at radius 3 is 1.97 bits per heavy atom. The lowest BCUT2D eigenvalue weighted by atomic mass is 9.79. The van der Waals surface area contributed by atoms with E-state index in [-0.39, 0.29) is 10.8 Å². The minimum atomic E-state index is -0.184. The largest absolute Gasteiger partial charge is 0.278 e. The normalized spacial score (nSPS) is 16.0. The number of para-hydroxylation sites is 2. The van der Waals surface area contributed by atoms with Gasteiger partial charge in [0.05, 0.1) is 22.4 Å². The summed E-state index contributed by atoms with van der Waals surface area (Å²) >= 11 is 0. The highest BCUT2D eigenvalue weighted by Gasteiger charge is 2.39. The number of rotatable bonds is 2. The molecule has 0 spiro atoms. The Balaban J connectivity index is 1.48. The molecule has 188 valence electrons. The third-order valence-electron chi connectivity index (χ3n) is 8.83. The SMILES string of the molecule is CC1(C)C=Cc2c(-c3cccc4c3C(C)(C)c3ccccc3-4)nc(-n3c4ccccc4c4ccccc43)nc21. The molecule has 2 heterocycles. The van der Waals surface area contributed by atoms with Crippen molar-refractivity contribution in [2.45, 2.75) is 38.5 Å². The van der Waals surface area contributed by atoms with E-state index in [1.807, 2.05) is 0 Å². The maximum atomic E-state index is 5.43. The molecule has 8 rings (SSSR count). The van der Waals surface area contributed by atoms with Crippen LogP contribution in [-0.4, -0.2) is 14.5 Å². The minimum Gasteiger partial charge on any atom is -0.278 e. The summed E-state index contributed by atoms with van der Waals surface area (Å²) < 4.78 is 2.24. The summed E-state index contributed by atoms with van der Waals surface area (Å²) in [4.78, 5) is 10.7. The van der Waals surface area contributed by atoms with Gasteiger partial charge in [0.1, 0.15) is 0 Å². The molecular weight excluding hydrogens is 474 g/mol. The van der Waals surface area contributed by atoms with Crippen LogP contribution in [0.5, 0.6) is 0 Å². The number of nitrogens with zero attached hydrogens (tertiary/aromatic N) is 3. The van der Waals surface area contributed by atoms with E-state index in [0.717, 1.165) is 33.9 Å². The molecule has 0 aliphatic heterocycles. The zero-order chi connectivity index (χ0) is 26.5. The second kappa shape index (κ2) is 7.54. The molecule has 0 saturated heterocycles. The van der Waals surface area contributed by atoms with Gasteiger partial charge in [-0.15, -0.1) is 0 Å². The standard InChI is InChI=1S/C36H29N3/c1-35(2)21-20-27-32(26-16-11-15-25-22-12-5-8-17-28(22)36(3,4)31(25)26)37-34(38-33(27)35)39-29-18-9-6-13-23(29)24-14-7-10-19-30(24)39/h5-21H,1-4H3. The fourth-order valence-corrected chi connectivity index (χ4v) is 6.97. The first-order valence-electron chi connectivity index (χ1n) is 13.7. The lowest BCUT2D eigenvalue weighted by molar-refractivity contribution is 0.649. The van der Waals surface area contributed by atoms with Gasteiger partial charge in [0.2, 0.25) is 5.95 Å². The third kappa shape index (κ3) is 2.93. The summed E-state index contributed by atoms with van der Waals surface area (Å²) in [5.41, 5.74) is 11.7. The number of benzene rings is 4. The van der Waals surface area contributed by atoms with Crippen LogP contribution in [0.4, 0.5) is 0 Å². The van der Waals surface area contributed by atoms with Crippen molar-refractivity contribution in [1.82, 2.24) is 14.5 Å². The number of allylic oxidation sites excluding steroid dienone is 1. The van der Waals surface area contributed by atoms with Crippen LogP contribution in [0.3, 0.4) is 0 Å². The topological polar surface area (TPSA) is 30.7 Å². The fourth-order valence-electron chi connectivity index (χ4n) is 6.97. The predicted octanol–water partition coefficient (Wildman–Crippen LogP) is 8.85. The molecule has 3 heteroatoms. The summed E-state index contributed by atoms with van der Waals surface area (Å²) in [6, 6.07) is 32.7. The molecule has 0 amide bonds. The van der Waals surface area contributed by atoms with Gasteiger partial charge in [0, 0.05) is 32.7 Å². The molecule has 2 aromatic heterocycles. The van der Waals surface area contributed by atoms with Gasteiger partial charge in [-0.25, -0.2) is 9.97 Å². The van der Waals surface area contributed by atoms with E-state index < -0.39 is 0 Å². The van der Waals surface area contributed by atoms with Crippen molar-refractivity contribution in [3.05, 3.63) is 119 Å². The molecule has 0 radical (unpaired) electrons. The molecule has 4 aromatic carbocycles. The molecule has 0 N–H and O–H groups in total.